The third-order valence-corrected chi connectivity index (χ3v) is 3.17. The van der Waals surface area contributed by atoms with Crippen molar-refractivity contribution in [2.24, 2.45) is 0 Å². The van der Waals surface area contributed by atoms with E-state index in [1.165, 1.54) is 6.07 Å². The molecule has 0 unspecified atom stereocenters. The summed E-state index contributed by atoms with van der Waals surface area (Å²) in [5.41, 5.74) is 2.30. The Labute approximate surface area is 117 Å². The second kappa shape index (κ2) is 6.04. The summed E-state index contributed by atoms with van der Waals surface area (Å²) in [6.45, 7) is 0.692. The lowest BCUT2D eigenvalue weighted by molar-refractivity contribution is 0.415. The van der Waals surface area contributed by atoms with E-state index in [1.807, 2.05) is 13.1 Å². The number of nitrogens with one attached hydrogen (secondary N) is 1. The lowest BCUT2D eigenvalue weighted by atomic mass is 10.0. The molecule has 0 saturated heterocycles. The number of hydrogen-bond acceptors (Lipinski definition) is 2. The molecule has 0 amide bonds. The Morgan fingerprint density at radius 3 is 2.63 bits per heavy atom. The molecule has 100 valence electrons. The van der Waals surface area contributed by atoms with Crippen LogP contribution in [0.2, 0.25) is 5.02 Å². The Hall–Kier alpha value is -1.58. The molecule has 0 aliphatic rings. The first-order valence-electron chi connectivity index (χ1n) is 5.92. The van der Waals surface area contributed by atoms with E-state index in [4.69, 9.17) is 16.3 Å². The zero-order chi connectivity index (χ0) is 13.8. The van der Waals surface area contributed by atoms with Crippen LogP contribution in [0.5, 0.6) is 5.75 Å². The summed E-state index contributed by atoms with van der Waals surface area (Å²) < 4.78 is 19.0. The van der Waals surface area contributed by atoms with Crippen molar-refractivity contribution in [3.8, 4) is 16.9 Å². The minimum Gasteiger partial charge on any atom is -0.495 e. The smallest absolute Gasteiger partial charge is 0.137 e. The molecule has 0 bridgehead atoms. The average Bonchev–Trinajstić information content (AvgIpc) is 2.41. The van der Waals surface area contributed by atoms with Gasteiger partial charge in [-0.25, -0.2) is 4.39 Å². The van der Waals surface area contributed by atoms with Gasteiger partial charge in [-0.15, -0.1) is 0 Å². The van der Waals surface area contributed by atoms with Crippen molar-refractivity contribution >= 4 is 11.6 Å². The van der Waals surface area contributed by atoms with Gasteiger partial charge in [0.25, 0.3) is 0 Å². The third kappa shape index (κ3) is 3.06. The molecule has 2 aromatic rings. The maximum absolute atomic E-state index is 13.9. The largest absolute Gasteiger partial charge is 0.495 e. The van der Waals surface area contributed by atoms with Gasteiger partial charge in [0.2, 0.25) is 0 Å². The highest BCUT2D eigenvalue weighted by Gasteiger charge is 2.09. The Morgan fingerprint density at radius 1 is 1.21 bits per heavy atom. The molecule has 4 heteroatoms. The topological polar surface area (TPSA) is 21.3 Å². The van der Waals surface area contributed by atoms with E-state index >= 15 is 0 Å². The van der Waals surface area contributed by atoms with E-state index in [-0.39, 0.29) is 5.82 Å². The SMILES string of the molecule is CNCc1ccc(F)c(-c2ccc(OC)c(Cl)c2)c1. The van der Waals surface area contributed by atoms with Crippen LogP contribution < -0.4 is 10.1 Å². The van der Waals surface area contributed by atoms with Crippen LogP contribution in [0.3, 0.4) is 0 Å². The molecule has 0 radical (unpaired) electrons. The fourth-order valence-corrected chi connectivity index (χ4v) is 2.20. The second-order valence-electron chi connectivity index (χ2n) is 4.19. The van der Waals surface area contributed by atoms with Crippen LogP contribution in [0.25, 0.3) is 11.1 Å². The van der Waals surface area contributed by atoms with E-state index in [9.17, 15) is 4.39 Å². The van der Waals surface area contributed by atoms with E-state index < -0.39 is 0 Å². The van der Waals surface area contributed by atoms with Gasteiger partial charge in [-0.1, -0.05) is 23.7 Å². The quantitative estimate of drug-likeness (QED) is 0.917. The first-order chi connectivity index (χ1) is 9.15. The Balaban J connectivity index is 2.45. The van der Waals surface area contributed by atoms with Gasteiger partial charge in [-0.2, -0.15) is 0 Å². The van der Waals surface area contributed by atoms with Crippen molar-refractivity contribution in [3.05, 3.63) is 52.8 Å². The number of methoxy groups -OCH3 is 1. The van der Waals surface area contributed by atoms with Gasteiger partial charge in [0, 0.05) is 12.1 Å². The molecule has 0 aliphatic carbocycles. The molecule has 0 heterocycles. The van der Waals surface area contributed by atoms with E-state index in [2.05, 4.69) is 5.32 Å². The summed E-state index contributed by atoms with van der Waals surface area (Å²) >= 11 is 6.07. The Morgan fingerprint density at radius 2 is 2.00 bits per heavy atom. The molecular weight excluding hydrogens is 265 g/mol. The summed E-state index contributed by atoms with van der Waals surface area (Å²) in [7, 11) is 3.41. The molecule has 2 rings (SSSR count). The van der Waals surface area contributed by atoms with Crippen LogP contribution >= 0.6 is 11.6 Å². The normalized spacial score (nSPS) is 10.5. The summed E-state index contributed by atoms with van der Waals surface area (Å²) in [5, 5.41) is 3.51. The Bertz CT molecular complexity index is 586. The molecule has 2 aromatic carbocycles. The van der Waals surface area contributed by atoms with Gasteiger partial charge >= 0.3 is 0 Å². The maximum atomic E-state index is 13.9. The van der Waals surface area contributed by atoms with Crippen LogP contribution in [0.4, 0.5) is 4.39 Å². The number of rotatable bonds is 4. The highest BCUT2D eigenvalue weighted by atomic mass is 35.5. The molecular formula is C15H15ClFNO. The molecule has 19 heavy (non-hydrogen) atoms. The fourth-order valence-electron chi connectivity index (χ4n) is 1.94. The molecule has 0 spiro atoms. The van der Waals surface area contributed by atoms with Crippen molar-refractivity contribution in [3.63, 3.8) is 0 Å². The summed E-state index contributed by atoms with van der Waals surface area (Å²) in [6, 6.07) is 10.3. The summed E-state index contributed by atoms with van der Waals surface area (Å²) in [4.78, 5) is 0. The van der Waals surface area contributed by atoms with Crippen molar-refractivity contribution in [2.75, 3.05) is 14.2 Å². The standard InChI is InChI=1S/C15H15ClFNO/c1-18-9-10-3-5-14(17)12(7-10)11-4-6-15(19-2)13(16)8-11/h3-8,18H,9H2,1-2H3. The molecule has 0 aromatic heterocycles. The minimum atomic E-state index is -0.263. The predicted octanol–water partition coefficient (Wildman–Crippen LogP) is 3.87. The predicted molar refractivity (Wildman–Crippen MR) is 76.2 cm³/mol. The zero-order valence-electron chi connectivity index (χ0n) is 10.8. The average molecular weight is 280 g/mol. The highest BCUT2D eigenvalue weighted by Crippen LogP contribution is 2.31. The van der Waals surface area contributed by atoms with E-state index in [1.54, 1.807) is 31.4 Å². The number of hydrogen-bond donors (Lipinski definition) is 1. The first-order valence-corrected chi connectivity index (χ1v) is 6.30. The van der Waals surface area contributed by atoms with Gasteiger partial charge < -0.3 is 10.1 Å². The second-order valence-corrected chi connectivity index (χ2v) is 4.60. The van der Waals surface area contributed by atoms with E-state index in [0.717, 1.165) is 11.1 Å². The molecule has 0 atom stereocenters. The lowest BCUT2D eigenvalue weighted by Crippen LogP contribution is -2.05. The van der Waals surface area contributed by atoms with Crippen LogP contribution in [0, 0.1) is 5.82 Å². The van der Waals surface area contributed by atoms with Crippen molar-refractivity contribution < 1.29 is 9.13 Å². The van der Waals surface area contributed by atoms with Gasteiger partial charge in [0.1, 0.15) is 11.6 Å². The first kappa shape index (κ1) is 13.8. The minimum absolute atomic E-state index is 0.263. The molecule has 1 N–H and O–H groups in total. The number of halogens is 2. The van der Waals surface area contributed by atoms with Gasteiger partial charge in [-0.05, 0) is 42.4 Å². The monoisotopic (exact) mass is 279 g/mol. The van der Waals surface area contributed by atoms with Crippen LogP contribution in [-0.4, -0.2) is 14.2 Å². The zero-order valence-corrected chi connectivity index (χ0v) is 11.6. The third-order valence-electron chi connectivity index (χ3n) is 2.87. The summed E-state index contributed by atoms with van der Waals surface area (Å²) in [6.07, 6.45) is 0. The van der Waals surface area contributed by atoms with Gasteiger partial charge in [0.05, 0.1) is 12.1 Å². The fraction of sp³-hybridized carbons (Fsp3) is 0.200. The van der Waals surface area contributed by atoms with E-state index in [0.29, 0.717) is 22.9 Å². The molecule has 0 saturated carbocycles. The van der Waals surface area contributed by atoms with Crippen LogP contribution in [-0.2, 0) is 6.54 Å². The lowest BCUT2D eigenvalue weighted by Gasteiger charge is -2.09. The molecule has 0 aliphatic heterocycles. The molecule has 0 fully saturated rings. The molecule has 2 nitrogen and oxygen atoms in total. The summed E-state index contributed by atoms with van der Waals surface area (Å²) in [5.74, 6) is 0.318. The van der Waals surface area contributed by atoms with Gasteiger partial charge in [-0.3, -0.25) is 0 Å². The van der Waals surface area contributed by atoms with Crippen LogP contribution in [0.15, 0.2) is 36.4 Å². The highest BCUT2D eigenvalue weighted by molar-refractivity contribution is 6.32. The maximum Gasteiger partial charge on any atom is 0.137 e. The number of benzene rings is 2. The van der Waals surface area contributed by atoms with Gasteiger partial charge in [0.15, 0.2) is 0 Å². The van der Waals surface area contributed by atoms with Crippen molar-refractivity contribution in [2.45, 2.75) is 6.54 Å². The van der Waals surface area contributed by atoms with Crippen LogP contribution in [0.1, 0.15) is 5.56 Å². The van der Waals surface area contributed by atoms with Crippen molar-refractivity contribution in [1.29, 1.82) is 0 Å². The number of ether oxygens (including phenoxy) is 1. The van der Waals surface area contributed by atoms with Crippen molar-refractivity contribution in [1.82, 2.24) is 5.32 Å². The Kier molecular flexibility index (Phi) is 4.40.